The van der Waals surface area contributed by atoms with Crippen molar-refractivity contribution < 1.29 is 0 Å². The topological polar surface area (TPSA) is 24.1 Å². The minimum atomic E-state index is -1.67. The zero-order valence-electron chi connectivity index (χ0n) is 19.5. The van der Waals surface area contributed by atoms with Crippen molar-refractivity contribution in [1.82, 2.24) is 10.2 Å². The van der Waals surface area contributed by atoms with Crippen LogP contribution < -0.4 is 10.2 Å². The van der Waals surface area contributed by atoms with Gasteiger partial charge in [-0.1, -0.05) is 107 Å². The van der Waals surface area contributed by atoms with E-state index in [9.17, 15) is 0 Å². The molecule has 0 aromatic carbocycles. The minimum absolute atomic E-state index is 0.138. The summed E-state index contributed by atoms with van der Waals surface area (Å²) in [6.45, 7) is 29.5. The van der Waals surface area contributed by atoms with E-state index >= 15 is 0 Å². The summed E-state index contributed by atoms with van der Waals surface area (Å²) in [5.41, 5.74) is 0. The number of unbranched alkanes of at least 4 members (excludes halogenated alkanes) is 1. The molecule has 0 atom stereocenters. The fraction of sp³-hybridized carbons (Fsp3) is 1.00. The average Bonchev–Trinajstić information content (AvgIpc) is 2.36. The maximum atomic E-state index is 6.18. The molecule has 6 heteroatoms. The molecule has 0 spiro atoms. The van der Waals surface area contributed by atoms with Crippen molar-refractivity contribution in [2.24, 2.45) is 0 Å². The molecule has 0 unspecified atom stereocenters. The van der Waals surface area contributed by atoms with Gasteiger partial charge in [-0.15, -0.1) is 0 Å². The van der Waals surface area contributed by atoms with Gasteiger partial charge in [0.1, 0.15) is 0 Å². The van der Waals surface area contributed by atoms with E-state index in [2.05, 4.69) is 93.3 Å². The summed E-state index contributed by atoms with van der Waals surface area (Å²) in [5.74, 6) is 0. The first-order valence-electron chi connectivity index (χ1n) is 9.91. The van der Waals surface area contributed by atoms with Crippen molar-refractivity contribution in [2.45, 2.75) is 117 Å². The molecule has 0 radical (unpaired) electrons. The third-order valence-corrected chi connectivity index (χ3v) is 21.3. The molecule has 0 bridgehead atoms. The second kappa shape index (κ2) is 8.93. The van der Waals surface area contributed by atoms with Crippen LogP contribution in [-0.2, 0) is 23.6 Å². The smallest absolute Gasteiger partial charge is 0.0227 e. The summed E-state index contributed by atoms with van der Waals surface area (Å²) in [6.07, 6.45) is -1.06. The van der Waals surface area contributed by atoms with Gasteiger partial charge in [0.15, 0.2) is 0 Å². The van der Waals surface area contributed by atoms with Gasteiger partial charge in [-0.2, -0.15) is 0 Å². The predicted molar refractivity (Wildman–Crippen MR) is 133 cm³/mol. The number of nitrogens with one attached hydrogen (secondary N) is 2. The van der Waals surface area contributed by atoms with Crippen LogP contribution in [0.4, 0.5) is 0 Å². The van der Waals surface area contributed by atoms with Crippen molar-refractivity contribution in [3.63, 3.8) is 0 Å². The molecule has 0 aromatic rings. The lowest BCUT2D eigenvalue weighted by Gasteiger charge is -2.46. The van der Waals surface area contributed by atoms with Crippen LogP contribution >= 0.6 is 12.4 Å². The molecule has 2 N–H and O–H groups in total. The van der Waals surface area contributed by atoms with Gasteiger partial charge in [0.25, 0.3) is 0 Å². The zero-order valence-corrected chi connectivity index (χ0v) is 23.0. The summed E-state index contributed by atoms with van der Waals surface area (Å²) in [4.78, 5) is 0. The summed E-state index contributed by atoms with van der Waals surface area (Å²) >= 11 is 12.4. The Labute approximate surface area is 175 Å². The molecule has 0 saturated carbocycles. The molecule has 2 nitrogen and oxygen atoms in total. The standard InChI is InChI=1S/C20H46N2P2S2/c1-17(2,3)23(25,18(4,5)6)21-15-13-14-16-22-24(26,19(7,8)9)20(10,11)12/h13-16H2,1-12H3,(H,21,25)(H,22,26). The Bertz CT molecular complexity index is 458. The molecule has 0 aliphatic carbocycles. The Balaban J connectivity index is 4.75. The molecule has 0 aromatic heterocycles. The molecular weight excluding hydrogens is 394 g/mol. The Morgan fingerprint density at radius 3 is 0.846 bits per heavy atom. The van der Waals surface area contributed by atoms with Gasteiger partial charge in [0, 0.05) is 33.0 Å². The third-order valence-electron chi connectivity index (χ3n) is 5.05. The van der Waals surface area contributed by atoms with E-state index in [1.54, 1.807) is 0 Å². The van der Waals surface area contributed by atoms with E-state index in [0.29, 0.717) is 0 Å². The van der Waals surface area contributed by atoms with Crippen molar-refractivity contribution in [1.29, 1.82) is 0 Å². The van der Waals surface area contributed by atoms with Gasteiger partial charge in [-0.3, -0.25) is 10.2 Å². The van der Waals surface area contributed by atoms with Crippen LogP contribution in [0.1, 0.15) is 95.9 Å². The van der Waals surface area contributed by atoms with Crippen molar-refractivity contribution in [3.8, 4) is 0 Å². The van der Waals surface area contributed by atoms with Crippen LogP contribution in [-0.4, -0.2) is 33.7 Å². The largest absolute Gasteiger partial charge is 0.288 e. The molecule has 0 saturated heterocycles. The predicted octanol–water partition coefficient (Wildman–Crippen LogP) is 6.93. The Kier molecular flexibility index (Phi) is 9.35. The van der Waals surface area contributed by atoms with Gasteiger partial charge < -0.3 is 0 Å². The van der Waals surface area contributed by atoms with Gasteiger partial charge in [0.2, 0.25) is 0 Å². The van der Waals surface area contributed by atoms with Crippen LogP contribution in [0.3, 0.4) is 0 Å². The van der Waals surface area contributed by atoms with E-state index in [0.717, 1.165) is 25.9 Å². The lowest BCUT2D eigenvalue weighted by atomic mass is 10.2. The van der Waals surface area contributed by atoms with Crippen LogP contribution in [0.2, 0.25) is 0 Å². The fourth-order valence-electron chi connectivity index (χ4n) is 3.68. The normalized spacial score (nSPS) is 15.4. The molecule has 0 fully saturated rings. The maximum Gasteiger partial charge on any atom is 0.0227 e. The molecule has 158 valence electrons. The SMILES string of the molecule is CC(C)(C)P(=S)(NCCCCNP(=S)(C(C)(C)C)C(C)(C)C)C(C)(C)C. The Morgan fingerprint density at radius 2 is 0.692 bits per heavy atom. The second-order valence-corrected chi connectivity index (χ2v) is 23.1. The number of hydrogen-bond acceptors (Lipinski definition) is 2. The first kappa shape index (κ1) is 27.2. The van der Waals surface area contributed by atoms with Crippen LogP contribution in [0.15, 0.2) is 0 Å². The van der Waals surface area contributed by atoms with Gasteiger partial charge in [-0.05, 0) is 25.9 Å². The number of rotatable bonds is 7. The van der Waals surface area contributed by atoms with E-state index < -0.39 is 12.4 Å². The highest BCUT2D eigenvalue weighted by Gasteiger charge is 2.42. The molecule has 0 aliphatic rings. The first-order valence-corrected chi connectivity index (χ1v) is 15.5. The highest BCUT2D eigenvalue weighted by atomic mass is 32.4. The lowest BCUT2D eigenvalue weighted by molar-refractivity contribution is 0.641. The summed E-state index contributed by atoms with van der Waals surface area (Å²) in [5, 5.41) is 8.18. The molecular formula is C20H46N2P2S2. The van der Waals surface area contributed by atoms with Crippen LogP contribution in [0, 0.1) is 0 Å². The van der Waals surface area contributed by atoms with E-state index in [4.69, 9.17) is 23.6 Å². The van der Waals surface area contributed by atoms with Crippen molar-refractivity contribution in [2.75, 3.05) is 13.1 Å². The minimum Gasteiger partial charge on any atom is -0.288 e. The monoisotopic (exact) mass is 440 g/mol. The number of hydrogen-bond donors (Lipinski definition) is 2. The molecule has 0 heterocycles. The van der Waals surface area contributed by atoms with Gasteiger partial charge in [0.05, 0.1) is 0 Å². The Hall–Kier alpha value is 1.22. The molecule has 0 rings (SSSR count). The summed E-state index contributed by atoms with van der Waals surface area (Å²) in [7, 11) is 0. The lowest BCUT2D eigenvalue weighted by Crippen LogP contribution is -2.38. The quantitative estimate of drug-likeness (QED) is 0.331. The van der Waals surface area contributed by atoms with Gasteiger partial charge in [-0.25, -0.2) is 0 Å². The van der Waals surface area contributed by atoms with Gasteiger partial charge >= 0.3 is 0 Å². The molecule has 26 heavy (non-hydrogen) atoms. The Morgan fingerprint density at radius 1 is 0.500 bits per heavy atom. The maximum absolute atomic E-state index is 6.18. The van der Waals surface area contributed by atoms with Crippen molar-refractivity contribution in [3.05, 3.63) is 0 Å². The summed E-state index contributed by atoms with van der Waals surface area (Å²) < 4.78 is 0. The second-order valence-electron chi connectivity index (χ2n) is 11.4. The van der Waals surface area contributed by atoms with E-state index in [-0.39, 0.29) is 20.6 Å². The molecule has 0 aliphatic heterocycles. The highest BCUT2D eigenvalue weighted by molar-refractivity contribution is 8.15. The van der Waals surface area contributed by atoms with E-state index in [1.807, 2.05) is 0 Å². The highest BCUT2D eigenvalue weighted by Crippen LogP contribution is 2.64. The summed E-state index contributed by atoms with van der Waals surface area (Å²) in [6, 6.07) is 0. The average molecular weight is 441 g/mol. The van der Waals surface area contributed by atoms with Crippen molar-refractivity contribution >= 4 is 36.0 Å². The third kappa shape index (κ3) is 6.36. The fourth-order valence-corrected chi connectivity index (χ4v) is 11.1. The van der Waals surface area contributed by atoms with E-state index in [1.165, 1.54) is 0 Å². The first-order chi connectivity index (χ1) is 11.2. The van der Waals surface area contributed by atoms with Crippen LogP contribution in [0.5, 0.6) is 0 Å². The van der Waals surface area contributed by atoms with Crippen LogP contribution in [0.25, 0.3) is 0 Å². The molecule has 0 amide bonds. The zero-order chi connectivity index (χ0) is 21.2.